The topological polar surface area (TPSA) is 70.2 Å². The van der Waals surface area contributed by atoms with E-state index in [1.54, 1.807) is 13.1 Å². The van der Waals surface area contributed by atoms with Gasteiger partial charge in [-0.05, 0) is 31.4 Å². The highest BCUT2D eigenvalue weighted by molar-refractivity contribution is 6.01. The van der Waals surface area contributed by atoms with Crippen LogP contribution in [0.2, 0.25) is 0 Å². The molecule has 1 fully saturated rings. The summed E-state index contributed by atoms with van der Waals surface area (Å²) in [6.07, 6.45) is 2.60. The quantitative estimate of drug-likeness (QED) is 0.764. The number of rotatable bonds is 3. The van der Waals surface area contributed by atoms with Gasteiger partial charge in [0.05, 0.1) is 5.56 Å². The minimum atomic E-state index is -0.431. The van der Waals surface area contributed by atoms with Crippen LogP contribution in [0.4, 0.5) is 5.69 Å². The van der Waals surface area contributed by atoms with Crippen molar-refractivity contribution in [1.82, 2.24) is 10.6 Å². The first-order chi connectivity index (χ1) is 9.22. The van der Waals surface area contributed by atoms with E-state index < -0.39 is 6.04 Å². The van der Waals surface area contributed by atoms with Gasteiger partial charge >= 0.3 is 0 Å². The molecule has 5 heteroatoms. The molecule has 1 saturated heterocycles. The Balaban J connectivity index is 2.09. The molecule has 1 atom stereocenters. The number of carbonyl (C=O) groups excluding carboxylic acids is 2. The summed E-state index contributed by atoms with van der Waals surface area (Å²) in [6, 6.07) is 6.82. The molecule has 1 aromatic carbocycles. The van der Waals surface area contributed by atoms with Gasteiger partial charge in [0, 0.05) is 19.3 Å². The maximum absolute atomic E-state index is 12.2. The molecule has 5 nitrogen and oxygen atoms in total. The number of hydrogen-bond donors (Lipinski definition) is 3. The van der Waals surface area contributed by atoms with Gasteiger partial charge in [0.25, 0.3) is 5.91 Å². The minimum absolute atomic E-state index is 0.0900. The molecule has 3 N–H and O–H groups in total. The summed E-state index contributed by atoms with van der Waals surface area (Å²) in [5.41, 5.74) is 1.32. The summed E-state index contributed by atoms with van der Waals surface area (Å²) in [6.45, 7) is 0.693. The minimum Gasteiger partial charge on any atom is -0.387 e. The van der Waals surface area contributed by atoms with Gasteiger partial charge in [-0.3, -0.25) is 9.59 Å². The molecule has 1 unspecified atom stereocenters. The van der Waals surface area contributed by atoms with Crippen LogP contribution in [0.3, 0.4) is 0 Å². The molecule has 0 saturated carbocycles. The van der Waals surface area contributed by atoms with E-state index >= 15 is 0 Å². The lowest BCUT2D eigenvalue weighted by molar-refractivity contribution is -0.122. The second-order valence-electron chi connectivity index (χ2n) is 4.61. The van der Waals surface area contributed by atoms with Gasteiger partial charge in [0.2, 0.25) is 5.91 Å². The molecule has 1 aromatic rings. The van der Waals surface area contributed by atoms with E-state index in [1.165, 1.54) is 0 Å². The van der Waals surface area contributed by atoms with Crippen LogP contribution in [0.25, 0.3) is 0 Å². The summed E-state index contributed by atoms with van der Waals surface area (Å²) >= 11 is 0. The molecule has 0 spiro atoms. The Morgan fingerprint density at radius 2 is 2.11 bits per heavy atom. The van der Waals surface area contributed by atoms with Crippen molar-refractivity contribution < 1.29 is 9.59 Å². The van der Waals surface area contributed by atoms with Crippen molar-refractivity contribution in [1.29, 1.82) is 0 Å². The number of amides is 2. The largest absolute Gasteiger partial charge is 0.387 e. The van der Waals surface area contributed by atoms with Crippen LogP contribution >= 0.6 is 0 Å². The number of hydrogen-bond acceptors (Lipinski definition) is 3. The van der Waals surface area contributed by atoms with Gasteiger partial charge in [0.15, 0.2) is 0 Å². The Labute approximate surface area is 112 Å². The smallest absolute Gasteiger partial charge is 0.254 e. The number of nitrogens with one attached hydrogen (secondary N) is 3. The van der Waals surface area contributed by atoms with E-state index in [-0.39, 0.29) is 11.8 Å². The van der Waals surface area contributed by atoms with Gasteiger partial charge in [-0.2, -0.15) is 0 Å². The molecule has 2 amide bonds. The van der Waals surface area contributed by atoms with E-state index in [4.69, 9.17) is 0 Å². The average molecular weight is 261 g/mol. The van der Waals surface area contributed by atoms with Gasteiger partial charge < -0.3 is 16.0 Å². The van der Waals surface area contributed by atoms with Gasteiger partial charge in [-0.1, -0.05) is 12.1 Å². The lowest BCUT2D eigenvalue weighted by atomic mass is 10.1. The molecule has 102 valence electrons. The van der Waals surface area contributed by atoms with E-state index in [2.05, 4.69) is 16.0 Å². The third kappa shape index (κ3) is 3.24. The highest BCUT2D eigenvalue weighted by Crippen LogP contribution is 2.15. The Hall–Kier alpha value is -2.04. The normalized spacial score (nSPS) is 19.2. The number of para-hydroxylation sites is 1. The van der Waals surface area contributed by atoms with Gasteiger partial charge in [0.1, 0.15) is 6.04 Å². The second-order valence-corrected chi connectivity index (χ2v) is 4.61. The fourth-order valence-electron chi connectivity index (χ4n) is 2.21. The first-order valence-electron chi connectivity index (χ1n) is 6.57. The van der Waals surface area contributed by atoms with Crippen molar-refractivity contribution in [2.24, 2.45) is 0 Å². The van der Waals surface area contributed by atoms with Crippen LogP contribution < -0.4 is 16.0 Å². The Morgan fingerprint density at radius 1 is 1.32 bits per heavy atom. The zero-order valence-corrected chi connectivity index (χ0v) is 11.0. The predicted molar refractivity (Wildman–Crippen MR) is 74.1 cm³/mol. The summed E-state index contributed by atoms with van der Waals surface area (Å²) < 4.78 is 0. The Morgan fingerprint density at radius 3 is 2.89 bits per heavy atom. The van der Waals surface area contributed by atoms with Crippen molar-refractivity contribution in [3.05, 3.63) is 29.8 Å². The second kappa shape index (κ2) is 6.22. The Bertz CT molecular complexity index is 474. The maximum Gasteiger partial charge on any atom is 0.254 e. The van der Waals surface area contributed by atoms with Crippen molar-refractivity contribution in [3.8, 4) is 0 Å². The van der Waals surface area contributed by atoms with Crippen LogP contribution in [0.1, 0.15) is 29.6 Å². The monoisotopic (exact) mass is 261 g/mol. The molecule has 19 heavy (non-hydrogen) atoms. The predicted octanol–water partition coefficient (Wildman–Crippen LogP) is 1.13. The highest BCUT2D eigenvalue weighted by atomic mass is 16.2. The van der Waals surface area contributed by atoms with Crippen LogP contribution in [-0.2, 0) is 4.79 Å². The third-order valence-electron chi connectivity index (χ3n) is 3.28. The molecule has 1 aliphatic heterocycles. The molecule has 2 rings (SSSR count). The molecule has 0 aliphatic carbocycles. The summed E-state index contributed by atoms with van der Waals surface area (Å²) in [7, 11) is 1.77. The molecule has 1 heterocycles. The highest BCUT2D eigenvalue weighted by Gasteiger charge is 2.23. The van der Waals surface area contributed by atoms with Crippen molar-refractivity contribution in [3.63, 3.8) is 0 Å². The van der Waals surface area contributed by atoms with Gasteiger partial charge in [-0.25, -0.2) is 0 Å². The summed E-state index contributed by atoms with van der Waals surface area (Å²) in [5.74, 6) is -0.306. The van der Waals surface area contributed by atoms with Crippen LogP contribution in [0, 0.1) is 0 Å². The van der Waals surface area contributed by atoms with E-state index in [1.807, 2.05) is 18.2 Å². The van der Waals surface area contributed by atoms with Crippen LogP contribution in [0.15, 0.2) is 24.3 Å². The van der Waals surface area contributed by atoms with Crippen molar-refractivity contribution in [2.75, 3.05) is 18.9 Å². The van der Waals surface area contributed by atoms with Crippen molar-refractivity contribution >= 4 is 17.5 Å². The average Bonchev–Trinajstić information content (AvgIpc) is 2.64. The summed E-state index contributed by atoms with van der Waals surface area (Å²) in [5, 5.41) is 8.60. The van der Waals surface area contributed by atoms with E-state index in [9.17, 15) is 9.59 Å². The van der Waals surface area contributed by atoms with Crippen LogP contribution in [0.5, 0.6) is 0 Å². The lowest BCUT2D eigenvalue weighted by Gasteiger charge is -2.16. The maximum atomic E-state index is 12.2. The molecule has 0 bridgehead atoms. The molecular formula is C14H19N3O2. The first-order valence-corrected chi connectivity index (χ1v) is 6.57. The molecule has 1 aliphatic rings. The fraction of sp³-hybridized carbons (Fsp3) is 0.429. The Kier molecular flexibility index (Phi) is 4.39. The molecule has 0 aromatic heterocycles. The van der Waals surface area contributed by atoms with Gasteiger partial charge in [-0.15, -0.1) is 0 Å². The van der Waals surface area contributed by atoms with E-state index in [0.29, 0.717) is 18.5 Å². The SMILES string of the molecule is CNc1ccccc1C(=O)NC1CCCCNC1=O. The molecule has 0 radical (unpaired) electrons. The van der Waals surface area contributed by atoms with Crippen LogP contribution in [-0.4, -0.2) is 31.4 Å². The molecular weight excluding hydrogens is 242 g/mol. The fourth-order valence-corrected chi connectivity index (χ4v) is 2.21. The summed E-state index contributed by atoms with van der Waals surface area (Å²) in [4.78, 5) is 24.0. The number of anilines is 1. The zero-order chi connectivity index (χ0) is 13.7. The first kappa shape index (κ1) is 13.4. The number of carbonyl (C=O) groups is 2. The van der Waals surface area contributed by atoms with E-state index in [0.717, 1.165) is 18.5 Å². The lowest BCUT2D eigenvalue weighted by Crippen LogP contribution is -2.45. The number of benzene rings is 1. The van der Waals surface area contributed by atoms with Crippen molar-refractivity contribution in [2.45, 2.75) is 25.3 Å². The third-order valence-corrected chi connectivity index (χ3v) is 3.28. The standard InChI is InChI=1S/C14H19N3O2/c1-15-11-7-3-2-6-10(11)13(18)17-12-8-4-5-9-16-14(12)19/h2-3,6-7,12,15H,4-5,8-9H2,1H3,(H,16,19)(H,17,18). The zero-order valence-electron chi connectivity index (χ0n) is 11.0.